The molecule has 0 saturated carbocycles. The predicted octanol–water partition coefficient (Wildman–Crippen LogP) is 5.39. The highest BCUT2D eigenvalue weighted by atomic mass is 16.5. The molecule has 2 aliphatic rings. The Morgan fingerprint density at radius 2 is 1.83 bits per heavy atom. The lowest BCUT2D eigenvalue weighted by Crippen LogP contribution is -2.51. The fourth-order valence-corrected chi connectivity index (χ4v) is 5.89. The van der Waals surface area contributed by atoms with E-state index >= 15 is 0 Å². The van der Waals surface area contributed by atoms with Gasteiger partial charge < -0.3 is 15.0 Å². The van der Waals surface area contributed by atoms with Crippen LogP contribution < -0.4 is 5.32 Å². The van der Waals surface area contributed by atoms with Gasteiger partial charge in [0.05, 0.1) is 34.8 Å². The number of hydrogen-bond donors (Lipinski definition) is 2. The summed E-state index contributed by atoms with van der Waals surface area (Å²) in [6, 6.07) is 23.1. The summed E-state index contributed by atoms with van der Waals surface area (Å²) >= 11 is 0. The van der Waals surface area contributed by atoms with Crippen molar-refractivity contribution < 1.29 is 9.53 Å². The Kier molecular flexibility index (Phi) is 7.23. The number of aromatic nitrogens is 4. The van der Waals surface area contributed by atoms with Crippen molar-refractivity contribution in [3.05, 3.63) is 90.5 Å². The molecule has 212 valence electrons. The molecule has 0 amide bonds. The van der Waals surface area contributed by atoms with E-state index in [-0.39, 0.29) is 18.0 Å². The Morgan fingerprint density at radius 1 is 1.00 bits per heavy atom. The minimum atomic E-state index is -0.0381. The van der Waals surface area contributed by atoms with Crippen molar-refractivity contribution in [3.8, 4) is 33.8 Å². The molecule has 42 heavy (non-hydrogen) atoms. The summed E-state index contributed by atoms with van der Waals surface area (Å²) in [6.45, 7) is 6.14. The lowest BCUT2D eigenvalue weighted by Gasteiger charge is -2.34. The largest absolute Gasteiger partial charge is 0.459 e. The number of piperidine rings is 1. The van der Waals surface area contributed by atoms with Crippen molar-refractivity contribution >= 4 is 16.9 Å². The van der Waals surface area contributed by atoms with Gasteiger partial charge in [-0.05, 0) is 67.8 Å². The van der Waals surface area contributed by atoms with Gasteiger partial charge in [-0.2, -0.15) is 0 Å². The zero-order chi connectivity index (χ0) is 28.5. The third-order valence-electron chi connectivity index (χ3n) is 8.30. The zero-order valence-corrected chi connectivity index (χ0v) is 23.7. The number of ether oxygens (including phenoxy) is 1. The van der Waals surface area contributed by atoms with Crippen LogP contribution in [0, 0.1) is 12.8 Å². The summed E-state index contributed by atoms with van der Waals surface area (Å²) in [5.74, 6) is -0.0679. The standard InChI is InChI=1S/C34H34N6O2/c1-22-4-2-6-31(39-22)33-32(37-21-38-33)25-11-12-30-27(14-25)15-28(16-36-30)24-9-7-23(8-10-24)19-40-13-3-5-26(20-40)34(41)42-29-17-35-18-29/h2,4,6-12,14-16,21,26,29,35H,3,5,13,17-20H2,1H3,(H,37,38). The molecule has 2 aliphatic heterocycles. The molecule has 1 unspecified atom stereocenters. The normalized spacial score (nSPS) is 17.7. The Hall–Kier alpha value is -4.40. The first kappa shape index (κ1) is 26.5. The van der Waals surface area contributed by atoms with Gasteiger partial charge in [0.25, 0.3) is 0 Å². The minimum Gasteiger partial charge on any atom is -0.459 e. The topological polar surface area (TPSA) is 96.0 Å². The number of H-pyrrole nitrogens is 1. The first-order valence-electron chi connectivity index (χ1n) is 14.7. The lowest BCUT2D eigenvalue weighted by molar-refractivity contribution is -0.158. The van der Waals surface area contributed by atoms with Gasteiger partial charge >= 0.3 is 5.97 Å². The van der Waals surface area contributed by atoms with Gasteiger partial charge in [0.15, 0.2) is 0 Å². The van der Waals surface area contributed by atoms with E-state index in [9.17, 15) is 4.79 Å². The van der Waals surface area contributed by atoms with Crippen LogP contribution in [0.25, 0.3) is 44.7 Å². The number of rotatable bonds is 7. The second kappa shape index (κ2) is 11.5. The molecule has 1 atom stereocenters. The fraction of sp³-hybridized carbons (Fsp3) is 0.294. The quantitative estimate of drug-likeness (QED) is 0.259. The molecule has 3 aromatic heterocycles. The summed E-state index contributed by atoms with van der Waals surface area (Å²) in [5.41, 5.74) is 9.01. The molecule has 8 nitrogen and oxygen atoms in total. The minimum absolute atomic E-state index is 0.0298. The van der Waals surface area contributed by atoms with Gasteiger partial charge in [0.2, 0.25) is 0 Å². The Balaban J connectivity index is 1.06. The average molecular weight is 559 g/mol. The van der Waals surface area contributed by atoms with Gasteiger partial charge in [0, 0.05) is 54.6 Å². The highest BCUT2D eigenvalue weighted by Gasteiger charge is 2.30. The molecule has 8 heteroatoms. The summed E-state index contributed by atoms with van der Waals surface area (Å²) in [5, 5.41) is 4.22. The third-order valence-corrected chi connectivity index (χ3v) is 8.30. The lowest BCUT2D eigenvalue weighted by atomic mass is 9.97. The molecule has 0 bridgehead atoms. The monoisotopic (exact) mass is 558 g/mol. The maximum absolute atomic E-state index is 12.6. The SMILES string of the molecule is Cc1cccc(-c2[nH]cnc2-c2ccc3ncc(-c4ccc(CN5CCCC(C(=O)OC6CNC6)C5)cc4)cc3c2)n1. The van der Waals surface area contributed by atoms with Crippen LogP contribution in [0.1, 0.15) is 24.1 Å². The molecule has 2 saturated heterocycles. The van der Waals surface area contributed by atoms with Crippen LogP contribution >= 0.6 is 0 Å². The van der Waals surface area contributed by atoms with Crippen molar-refractivity contribution in [3.63, 3.8) is 0 Å². The molecule has 0 radical (unpaired) electrons. The van der Waals surface area contributed by atoms with E-state index < -0.39 is 0 Å². The number of nitrogens with zero attached hydrogens (tertiary/aromatic N) is 4. The predicted molar refractivity (Wildman–Crippen MR) is 163 cm³/mol. The molecule has 7 rings (SSSR count). The first-order valence-corrected chi connectivity index (χ1v) is 14.7. The average Bonchev–Trinajstić information content (AvgIpc) is 3.49. The molecular weight excluding hydrogens is 524 g/mol. The number of likely N-dealkylation sites (tertiary alicyclic amines) is 1. The second-order valence-corrected chi connectivity index (χ2v) is 11.4. The van der Waals surface area contributed by atoms with Crippen LogP contribution in [0.3, 0.4) is 0 Å². The molecule has 2 fully saturated rings. The number of aryl methyl sites for hydroxylation is 1. The molecule has 0 aliphatic carbocycles. The van der Waals surface area contributed by atoms with Crippen LogP contribution in [0.5, 0.6) is 0 Å². The first-order chi connectivity index (χ1) is 20.6. The molecule has 2 N–H and O–H groups in total. The number of carbonyl (C=O) groups excluding carboxylic acids is 1. The van der Waals surface area contributed by atoms with Gasteiger partial charge in [-0.25, -0.2) is 4.98 Å². The van der Waals surface area contributed by atoms with Crippen molar-refractivity contribution in [1.29, 1.82) is 0 Å². The van der Waals surface area contributed by atoms with E-state index in [1.54, 1.807) is 6.33 Å². The zero-order valence-electron chi connectivity index (χ0n) is 23.7. The van der Waals surface area contributed by atoms with Crippen LogP contribution in [0.4, 0.5) is 0 Å². The molecule has 5 heterocycles. The molecule has 5 aromatic rings. The number of benzene rings is 2. The summed E-state index contributed by atoms with van der Waals surface area (Å²) in [6.07, 6.45) is 5.64. The number of carbonyl (C=O) groups is 1. The van der Waals surface area contributed by atoms with E-state index in [0.29, 0.717) is 0 Å². The Labute approximate surface area is 245 Å². The van der Waals surface area contributed by atoms with Crippen molar-refractivity contribution in [1.82, 2.24) is 30.2 Å². The smallest absolute Gasteiger partial charge is 0.310 e. The summed E-state index contributed by atoms with van der Waals surface area (Å²) in [7, 11) is 0. The molecule has 0 spiro atoms. The van der Waals surface area contributed by atoms with Crippen molar-refractivity contribution in [2.75, 3.05) is 26.2 Å². The Bertz CT molecular complexity index is 1730. The highest BCUT2D eigenvalue weighted by Crippen LogP contribution is 2.31. The maximum atomic E-state index is 12.6. The number of fused-ring (bicyclic) bond motifs is 1. The molecule has 2 aromatic carbocycles. The van der Waals surface area contributed by atoms with E-state index in [1.807, 2.05) is 37.4 Å². The van der Waals surface area contributed by atoms with Crippen molar-refractivity contribution in [2.45, 2.75) is 32.4 Å². The van der Waals surface area contributed by atoms with Gasteiger partial charge in [-0.1, -0.05) is 36.4 Å². The number of aromatic amines is 1. The third kappa shape index (κ3) is 5.55. The number of nitrogens with one attached hydrogen (secondary N) is 2. The van der Waals surface area contributed by atoms with Gasteiger partial charge in [-0.15, -0.1) is 0 Å². The van der Waals surface area contributed by atoms with Crippen LogP contribution in [-0.2, 0) is 16.1 Å². The number of esters is 1. The summed E-state index contributed by atoms with van der Waals surface area (Å²) in [4.78, 5) is 32.3. The van der Waals surface area contributed by atoms with Crippen molar-refractivity contribution in [2.24, 2.45) is 5.92 Å². The maximum Gasteiger partial charge on any atom is 0.310 e. The number of pyridine rings is 2. The highest BCUT2D eigenvalue weighted by molar-refractivity contribution is 5.89. The number of hydrogen-bond acceptors (Lipinski definition) is 7. The van der Waals surface area contributed by atoms with Crippen LogP contribution in [0.2, 0.25) is 0 Å². The molecular formula is C34H34N6O2. The second-order valence-electron chi connectivity index (χ2n) is 11.4. The van der Waals surface area contributed by atoms with Crippen LogP contribution in [0.15, 0.2) is 79.3 Å². The van der Waals surface area contributed by atoms with Gasteiger partial charge in [0.1, 0.15) is 6.10 Å². The fourth-order valence-electron chi connectivity index (χ4n) is 5.89. The van der Waals surface area contributed by atoms with E-state index in [2.05, 4.69) is 67.6 Å². The van der Waals surface area contributed by atoms with E-state index in [0.717, 1.165) is 95.9 Å². The number of imidazole rings is 1. The van der Waals surface area contributed by atoms with E-state index in [4.69, 9.17) is 9.72 Å². The van der Waals surface area contributed by atoms with Crippen LogP contribution in [-0.4, -0.2) is 63.1 Å². The van der Waals surface area contributed by atoms with E-state index in [1.165, 1.54) is 5.56 Å². The van der Waals surface area contributed by atoms with Gasteiger partial charge in [-0.3, -0.25) is 19.7 Å². The Morgan fingerprint density at radius 3 is 2.64 bits per heavy atom. The summed E-state index contributed by atoms with van der Waals surface area (Å²) < 4.78 is 5.64.